The Labute approximate surface area is 329 Å². The Kier molecular flexibility index (Phi) is 38.9. The van der Waals surface area contributed by atoms with Crippen molar-refractivity contribution in [2.45, 2.75) is 259 Å². The van der Waals surface area contributed by atoms with E-state index in [0.29, 0.717) is 19.3 Å². The summed E-state index contributed by atoms with van der Waals surface area (Å²) in [5.74, 6) is 0.787. The quantitative estimate of drug-likeness (QED) is 0.0352. The topological polar surface area (TPSA) is 78.9 Å². The Bertz CT molecular complexity index is 811. The summed E-state index contributed by atoms with van der Waals surface area (Å²) < 4.78 is 16.7. The second kappa shape index (κ2) is 40.1. The van der Waals surface area contributed by atoms with Crippen LogP contribution in [0, 0.1) is 11.8 Å². The van der Waals surface area contributed by atoms with Gasteiger partial charge in [-0.1, -0.05) is 214 Å². The SMILES string of the molecule is CCCCCCCCCCCCC(=O)OC[C@H](COC(=O)CCCCCCCCC(C)CC)OC(=O)CCCCCCCCCCCCCCC(C)C. The number of hydrogen-bond donors (Lipinski definition) is 0. The zero-order valence-electron chi connectivity index (χ0n) is 36.1. The molecule has 0 aromatic carbocycles. The molecule has 53 heavy (non-hydrogen) atoms. The Hall–Kier alpha value is -1.59. The Morgan fingerprint density at radius 1 is 0.396 bits per heavy atom. The molecule has 0 aliphatic heterocycles. The number of esters is 3. The Morgan fingerprint density at radius 3 is 1.08 bits per heavy atom. The van der Waals surface area contributed by atoms with Crippen molar-refractivity contribution in [2.75, 3.05) is 13.2 Å². The molecule has 0 aromatic heterocycles. The maximum Gasteiger partial charge on any atom is 0.306 e. The van der Waals surface area contributed by atoms with Crippen LogP contribution in [-0.2, 0) is 28.6 Å². The van der Waals surface area contributed by atoms with Crippen molar-refractivity contribution in [3.05, 3.63) is 0 Å². The summed E-state index contributed by atoms with van der Waals surface area (Å²) in [6.07, 6.45) is 38.0. The summed E-state index contributed by atoms with van der Waals surface area (Å²) in [5, 5.41) is 0. The number of hydrogen-bond acceptors (Lipinski definition) is 6. The van der Waals surface area contributed by atoms with Crippen molar-refractivity contribution in [1.29, 1.82) is 0 Å². The Balaban J connectivity index is 4.32. The largest absolute Gasteiger partial charge is 0.462 e. The normalized spacial score (nSPS) is 12.6. The summed E-state index contributed by atoms with van der Waals surface area (Å²) in [7, 11) is 0. The maximum atomic E-state index is 12.7. The molecule has 0 N–H and O–H groups in total. The van der Waals surface area contributed by atoms with Gasteiger partial charge in [-0.3, -0.25) is 14.4 Å². The van der Waals surface area contributed by atoms with Gasteiger partial charge in [0.2, 0.25) is 0 Å². The lowest BCUT2D eigenvalue weighted by atomic mass is 10.00. The van der Waals surface area contributed by atoms with Crippen LogP contribution in [-0.4, -0.2) is 37.2 Å². The van der Waals surface area contributed by atoms with Crippen LogP contribution in [0.15, 0.2) is 0 Å². The summed E-state index contributed by atoms with van der Waals surface area (Å²) in [4.78, 5) is 37.7. The van der Waals surface area contributed by atoms with Crippen LogP contribution in [0.5, 0.6) is 0 Å². The monoisotopic (exact) mass is 751 g/mol. The highest BCUT2D eigenvalue weighted by Gasteiger charge is 2.19. The van der Waals surface area contributed by atoms with Crippen LogP contribution in [0.1, 0.15) is 253 Å². The lowest BCUT2D eigenvalue weighted by Crippen LogP contribution is -2.30. The van der Waals surface area contributed by atoms with Crippen molar-refractivity contribution in [1.82, 2.24) is 0 Å². The second-order valence-electron chi connectivity index (χ2n) is 16.8. The zero-order chi connectivity index (χ0) is 39.0. The Morgan fingerprint density at radius 2 is 0.717 bits per heavy atom. The third-order valence-corrected chi connectivity index (χ3v) is 10.8. The van der Waals surface area contributed by atoms with E-state index in [-0.39, 0.29) is 31.1 Å². The van der Waals surface area contributed by atoms with Crippen molar-refractivity contribution >= 4 is 17.9 Å². The van der Waals surface area contributed by atoms with Gasteiger partial charge in [0.1, 0.15) is 13.2 Å². The first kappa shape index (κ1) is 51.4. The molecule has 0 aliphatic rings. The highest BCUT2D eigenvalue weighted by Crippen LogP contribution is 2.17. The highest BCUT2D eigenvalue weighted by molar-refractivity contribution is 5.71. The number of rotatable bonds is 41. The number of unbranched alkanes of at least 4 members (excludes halogenated alkanes) is 25. The summed E-state index contributed by atoms with van der Waals surface area (Å²) >= 11 is 0. The first-order chi connectivity index (χ1) is 25.8. The number of ether oxygens (including phenoxy) is 3. The molecule has 0 saturated heterocycles. The van der Waals surface area contributed by atoms with Gasteiger partial charge in [-0.25, -0.2) is 0 Å². The van der Waals surface area contributed by atoms with E-state index in [1.807, 2.05) is 0 Å². The van der Waals surface area contributed by atoms with Crippen molar-refractivity contribution < 1.29 is 28.6 Å². The van der Waals surface area contributed by atoms with Gasteiger partial charge in [-0.15, -0.1) is 0 Å². The molecule has 0 amide bonds. The van der Waals surface area contributed by atoms with Gasteiger partial charge >= 0.3 is 17.9 Å². The van der Waals surface area contributed by atoms with E-state index < -0.39 is 6.10 Å². The van der Waals surface area contributed by atoms with Gasteiger partial charge in [-0.05, 0) is 31.1 Å². The molecule has 6 nitrogen and oxygen atoms in total. The average Bonchev–Trinajstić information content (AvgIpc) is 3.14. The van der Waals surface area contributed by atoms with E-state index >= 15 is 0 Å². The molecule has 0 heterocycles. The summed E-state index contributed by atoms with van der Waals surface area (Å²) in [5.41, 5.74) is 0. The van der Waals surface area contributed by atoms with Crippen LogP contribution in [0.25, 0.3) is 0 Å². The van der Waals surface area contributed by atoms with Gasteiger partial charge in [-0.2, -0.15) is 0 Å². The van der Waals surface area contributed by atoms with Gasteiger partial charge in [0.25, 0.3) is 0 Å². The molecule has 0 rings (SSSR count). The van der Waals surface area contributed by atoms with Gasteiger partial charge in [0.15, 0.2) is 6.10 Å². The molecule has 0 spiro atoms. The maximum absolute atomic E-state index is 12.7. The first-order valence-electron chi connectivity index (χ1n) is 23.3. The van der Waals surface area contributed by atoms with E-state index in [1.165, 1.54) is 141 Å². The van der Waals surface area contributed by atoms with Crippen molar-refractivity contribution in [2.24, 2.45) is 11.8 Å². The van der Waals surface area contributed by atoms with E-state index in [1.54, 1.807) is 0 Å². The fraction of sp³-hybridized carbons (Fsp3) is 0.936. The molecular weight excluding hydrogens is 661 g/mol. The average molecular weight is 751 g/mol. The molecule has 1 unspecified atom stereocenters. The molecule has 0 aliphatic carbocycles. The number of carbonyl (C=O) groups is 3. The predicted octanol–water partition coefficient (Wildman–Crippen LogP) is 14.6. The third-order valence-electron chi connectivity index (χ3n) is 10.8. The molecule has 0 radical (unpaired) electrons. The predicted molar refractivity (Wildman–Crippen MR) is 224 cm³/mol. The smallest absolute Gasteiger partial charge is 0.306 e. The van der Waals surface area contributed by atoms with Crippen LogP contribution >= 0.6 is 0 Å². The molecular formula is C47H90O6. The molecule has 0 aromatic rings. The molecule has 6 heteroatoms. The lowest BCUT2D eigenvalue weighted by Gasteiger charge is -2.18. The van der Waals surface area contributed by atoms with Gasteiger partial charge < -0.3 is 14.2 Å². The van der Waals surface area contributed by atoms with E-state index in [4.69, 9.17) is 14.2 Å². The van der Waals surface area contributed by atoms with E-state index in [0.717, 1.165) is 69.6 Å². The van der Waals surface area contributed by atoms with Crippen molar-refractivity contribution in [3.8, 4) is 0 Å². The second-order valence-corrected chi connectivity index (χ2v) is 16.8. The van der Waals surface area contributed by atoms with Crippen molar-refractivity contribution in [3.63, 3.8) is 0 Å². The van der Waals surface area contributed by atoms with Gasteiger partial charge in [0.05, 0.1) is 0 Å². The van der Waals surface area contributed by atoms with Crippen LogP contribution in [0.2, 0.25) is 0 Å². The summed E-state index contributed by atoms with van der Waals surface area (Å²) in [6, 6.07) is 0. The third kappa shape index (κ3) is 39.9. The minimum atomic E-state index is -0.760. The molecule has 0 saturated carbocycles. The minimum absolute atomic E-state index is 0.0653. The zero-order valence-corrected chi connectivity index (χ0v) is 36.1. The fourth-order valence-corrected chi connectivity index (χ4v) is 6.90. The molecule has 0 fully saturated rings. The number of carbonyl (C=O) groups excluding carboxylic acids is 3. The minimum Gasteiger partial charge on any atom is -0.462 e. The van der Waals surface area contributed by atoms with Crippen LogP contribution in [0.3, 0.4) is 0 Å². The lowest BCUT2D eigenvalue weighted by molar-refractivity contribution is -0.167. The summed E-state index contributed by atoms with van der Waals surface area (Å²) in [6.45, 7) is 11.3. The van der Waals surface area contributed by atoms with Crippen LogP contribution < -0.4 is 0 Å². The first-order valence-corrected chi connectivity index (χ1v) is 23.3. The highest BCUT2D eigenvalue weighted by atomic mass is 16.6. The fourth-order valence-electron chi connectivity index (χ4n) is 6.90. The molecule has 2 atom stereocenters. The van der Waals surface area contributed by atoms with E-state index in [9.17, 15) is 14.4 Å². The molecule has 0 bridgehead atoms. The van der Waals surface area contributed by atoms with Crippen LogP contribution in [0.4, 0.5) is 0 Å². The van der Waals surface area contributed by atoms with E-state index in [2.05, 4.69) is 34.6 Å². The van der Waals surface area contributed by atoms with Gasteiger partial charge in [0, 0.05) is 19.3 Å². The standard InChI is InChI=1S/C47H90O6/c1-6-8-9-10-11-12-18-21-27-32-37-45(48)51-40-44(41-52-46(49)38-33-28-24-23-26-31-36-43(5)7-2)53-47(50)39-34-29-22-19-16-14-13-15-17-20-25-30-35-42(3)4/h42-44H,6-41H2,1-5H3/t43?,44-/m1/s1. The molecule has 314 valence electrons.